The molecule has 0 heterocycles. The molecule has 1 aliphatic carbocycles. The zero-order valence-electron chi connectivity index (χ0n) is 10.5. The molecule has 4 heteroatoms. The van der Waals surface area contributed by atoms with Crippen LogP contribution in [0.25, 0.3) is 0 Å². The van der Waals surface area contributed by atoms with E-state index in [1.807, 2.05) is 25.1 Å². The predicted molar refractivity (Wildman–Crippen MR) is 68.0 cm³/mol. The number of aliphatic hydroxyl groups is 1. The van der Waals surface area contributed by atoms with Gasteiger partial charge < -0.3 is 9.84 Å². The summed E-state index contributed by atoms with van der Waals surface area (Å²) in [5.74, 6) is 0.681. The van der Waals surface area contributed by atoms with E-state index in [0.29, 0.717) is 18.4 Å². The van der Waals surface area contributed by atoms with Crippen LogP contribution in [0, 0.1) is 11.3 Å². The molecule has 1 atom stereocenters. The van der Waals surface area contributed by atoms with Crippen molar-refractivity contribution < 1.29 is 9.84 Å². The third-order valence-electron chi connectivity index (χ3n) is 2.96. The third-order valence-corrected chi connectivity index (χ3v) is 2.96. The summed E-state index contributed by atoms with van der Waals surface area (Å²) in [4.78, 5) is 0. The fourth-order valence-electron chi connectivity index (χ4n) is 1.75. The van der Waals surface area contributed by atoms with Crippen LogP contribution in [0.15, 0.2) is 24.3 Å². The summed E-state index contributed by atoms with van der Waals surface area (Å²) >= 11 is 0. The van der Waals surface area contributed by atoms with Crippen LogP contribution >= 0.6 is 0 Å². The highest BCUT2D eigenvalue weighted by Gasteiger charge is 2.33. The van der Waals surface area contributed by atoms with E-state index in [-0.39, 0.29) is 6.61 Å². The molecular weight excluding hydrogens is 228 g/mol. The third kappa shape index (κ3) is 3.46. The lowest BCUT2D eigenvalue weighted by molar-refractivity contribution is 0.231. The Bertz CT molecular complexity index is 451. The van der Waals surface area contributed by atoms with Gasteiger partial charge in [0.05, 0.1) is 12.7 Å². The van der Waals surface area contributed by atoms with Gasteiger partial charge in [-0.15, -0.1) is 0 Å². The SMILES string of the molecule is CC(C#N)(COc1cccc(CO)c1)NC1CC1. The van der Waals surface area contributed by atoms with E-state index in [4.69, 9.17) is 9.84 Å². The first-order valence-corrected chi connectivity index (χ1v) is 6.17. The van der Waals surface area contributed by atoms with E-state index < -0.39 is 5.54 Å². The van der Waals surface area contributed by atoms with Crippen LogP contribution in [-0.4, -0.2) is 23.3 Å². The molecule has 0 saturated heterocycles. The molecule has 1 saturated carbocycles. The van der Waals surface area contributed by atoms with Crippen LogP contribution in [0.4, 0.5) is 0 Å². The number of benzene rings is 1. The smallest absolute Gasteiger partial charge is 0.138 e. The van der Waals surface area contributed by atoms with Gasteiger partial charge in [-0.25, -0.2) is 0 Å². The number of aliphatic hydroxyl groups excluding tert-OH is 1. The number of hydrogen-bond acceptors (Lipinski definition) is 4. The van der Waals surface area contributed by atoms with Crippen LogP contribution in [0.5, 0.6) is 5.75 Å². The summed E-state index contributed by atoms with van der Waals surface area (Å²) in [6.45, 7) is 2.14. The van der Waals surface area contributed by atoms with Crippen LogP contribution in [0.1, 0.15) is 25.3 Å². The Morgan fingerprint density at radius 3 is 2.94 bits per heavy atom. The molecule has 1 unspecified atom stereocenters. The molecule has 18 heavy (non-hydrogen) atoms. The Labute approximate surface area is 107 Å². The Balaban J connectivity index is 1.94. The molecule has 0 aliphatic heterocycles. The molecule has 2 rings (SSSR count). The van der Waals surface area contributed by atoms with Crippen LogP contribution < -0.4 is 10.1 Å². The summed E-state index contributed by atoms with van der Waals surface area (Å²) < 4.78 is 5.64. The van der Waals surface area contributed by atoms with Gasteiger partial charge >= 0.3 is 0 Å². The molecule has 1 aliphatic rings. The maximum atomic E-state index is 9.21. The monoisotopic (exact) mass is 246 g/mol. The minimum atomic E-state index is -0.656. The van der Waals surface area contributed by atoms with E-state index in [2.05, 4.69) is 11.4 Å². The number of nitriles is 1. The Morgan fingerprint density at radius 2 is 2.33 bits per heavy atom. The first-order valence-electron chi connectivity index (χ1n) is 6.17. The summed E-state index contributed by atoms with van der Waals surface area (Å²) in [5.41, 5.74) is 0.150. The van der Waals surface area contributed by atoms with Crippen molar-refractivity contribution in [2.75, 3.05) is 6.61 Å². The van der Waals surface area contributed by atoms with Crippen molar-refractivity contribution in [3.8, 4) is 11.8 Å². The van der Waals surface area contributed by atoms with Crippen molar-refractivity contribution in [3.05, 3.63) is 29.8 Å². The topological polar surface area (TPSA) is 65.3 Å². The van der Waals surface area contributed by atoms with Crippen molar-refractivity contribution in [2.45, 2.75) is 38.0 Å². The van der Waals surface area contributed by atoms with Gasteiger partial charge in [0, 0.05) is 6.04 Å². The van der Waals surface area contributed by atoms with Gasteiger partial charge in [-0.2, -0.15) is 5.26 Å². The number of rotatable bonds is 6. The maximum absolute atomic E-state index is 9.21. The highest BCUT2D eigenvalue weighted by molar-refractivity contribution is 5.28. The largest absolute Gasteiger partial charge is 0.491 e. The number of nitrogens with zero attached hydrogens (tertiary/aromatic N) is 1. The highest BCUT2D eigenvalue weighted by Crippen LogP contribution is 2.23. The molecule has 0 spiro atoms. The number of nitrogens with one attached hydrogen (secondary N) is 1. The van der Waals surface area contributed by atoms with Gasteiger partial charge in [0.1, 0.15) is 17.9 Å². The molecular formula is C14H18N2O2. The number of hydrogen-bond donors (Lipinski definition) is 2. The Morgan fingerprint density at radius 1 is 1.56 bits per heavy atom. The van der Waals surface area contributed by atoms with E-state index >= 15 is 0 Å². The predicted octanol–water partition coefficient (Wildman–Crippen LogP) is 1.59. The average Bonchev–Trinajstić information content (AvgIpc) is 3.20. The van der Waals surface area contributed by atoms with Crippen molar-refractivity contribution in [1.82, 2.24) is 5.32 Å². The fourth-order valence-corrected chi connectivity index (χ4v) is 1.75. The van der Waals surface area contributed by atoms with E-state index in [0.717, 1.165) is 18.4 Å². The van der Waals surface area contributed by atoms with E-state index in [9.17, 15) is 5.26 Å². The lowest BCUT2D eigenvalue weighted by atomic mass is 10.1. The lowest BCUT2D eigenvalue weighted by Gasteiger charge is -2.23. The Kier molecular flexibility index (Phi) is 3.85. The van der Waals surface area contributed by atoms with Crippen molar-refractivity contribution >= 4 is 0 Å². The van der Waals surface area contributed by atoms with Gasteiger partial charge in [0.2, 0.25) is 0 Å². The molecule has 0 aromatic heterocycles. The maximum Gasteiger partial charge on any atom is 0.138 e. The molecule has 4 nitrogen and oxygen atoms in total. The van der Waals surface area contributed by atoms with Crippen molar-refractivity contribution in [1.29, 1.82) is 5.26 Å². The molecule has 1 fully saturated rings. The van der Waals surface area contributed by atoms with Gasteiger partial charge in [0.15, 0.2) is 0 Å². The van der Waals surface area contributed by atoms with Crippen LogP contribution in [0.2, 0.25) is 0 Å². The minimum Gasteiger partial charge on any atom is -0.491 e. The summed E-state index contributed by atoms with van der Waals surface area (Å²) in [6.07, 6.45) is 2.27. The second-order valence-corrected chi connectivity index (χ2v) is 4.96. The fraction of sp³-hybridized carbons (Fsp3) is 0.500. The Hall–Kier alpha value is -1.57. The molecule has 2 N–H and O–H groups in total. The highest BCUT2D eigenvalue weighted by atomic mass is 16.5. The van der Waals surface area contributed by atoms with Crippen LogP contribution in [-0.2, 0) is 6.61 Å². The first-order chi connectivity index (χ1) is 8.65. The van der Waals surface area contributed by atoms with Gasteiger partial charge in [-0.1, -0.05) is 12.1 Å². The molecule has 0 bridgehead atoms. The van der Waals surface area contributed by atoms with Gasteiger partial charge in [0.25, 0.3) is 0 Å². The molecule has 1 aromatic carbocycles. The first kappa shape index (κ1) is 12.9. The molecule has 0 amide bonds. The van der Waals surface area contributed by atoms with Crippen molar-refractivity contribution in [3.63, 3.8) is 0 Å². The van der Waals surface area contributed by atoms with Crippen molar-refractivity contribution in [2.24, 2.45) is 0 Å². The standard InChI is InChI=1S/C14H18N2O2/c1-14(9-15,16-12-5-6-12)10-18-13-4-2-3-11(7-13)8-17/h2-4,7,12,16-17H,5-6,8,10H2,1H3. The normalized spacial score (nSPS) is 17.8. The second-order valence-electron chi connectivity index (χ2n) is 4.96. The number of ether oxygens (including phenoxy) is 1. The zero-order valence-corrected chi connectivity index (χ0v) is 10.5. The quantitative estimate of drug-likeness (QED) is 0.800. The zero-order chi connectivity index (χ0) is 13.0. The van der Waals surface area contributed by atoms with Gasteiger partial charge in [-0.3, -0.25) is 5.32 Å². The summed E-state index contributed by atoms with van der Waals surface area (Å²) in [7, 11) is 0. The molecule has 0 radical (unpaired) electrons. The second kappa shape index (κ2) is 5.38. The summed E-state index contributed by atoms with van der Waals surface area (Å²) in [5, 5.41) is 21.5. The summed E-state index contributed by atoms with van der Waals surface area (Å²) in [6, 6.07) is 10.0. The minimum absolute atomic E-state index is 0.00690. The van der Waals surface area contributed by atoms with Crippen LogP contribution in [0.3, 0.4) is 0 Å². The lowest BCUT2D eigenvalue weighted by Crippen LogP contribution is -2.47. The van der Waals surface area contributed by atoms with E-state index in [1.165, 1.54) is 0 Å². The van der Waals surface area contributed by atoms with Gasteiger partial charge in [-0.05, 0) is 37.5 Å². The molecule has 96 valence electrons. The average molecular weight is 246 g/mol. The van der Waals surface area contributed by atoms with E-state index in [1.54, 1.807) is 6.07 Å². The molecule has 1 aromatic rings.